The topological polar surface area (TPSA) is 46.2 Å². The van der Waals surface area contributed by atoms with Crippen LogP contribution in [0.5, 0.6) is 0 Å². The highest BCUT2D eigenvalue weighted by Crippen LogP contribution is 2.27. The molecule has 0 saturated heterocycles. The molecule has 0 radical (unpaired) electrons. The molecule has 1 N–H and O–H groups in total. The smallest absolute Gasteiger partial charge is 0.211 e. The third-order valence-electron chi connectivity index (χ3n) is 1.67. The lowest BCUT2D eigenvalue weighted by atomic mass is 10.4. The number of sulfonamides is 1. The van der Waals surface area contributed by atoms with Crippen LogP contribution < -0.4 is 4.72 Å². The average Bonchev–Trinajstić information content (AvgIpc) is 2.66. The summed E-state index contributed by atoms with van der Waals surface area (Å²) in [5, 5.41) is 0. The Kier molecular flexibility index (Phi) is 2.31. The van der Waals surface area contributed by atoms with Gasteiger partial charge >= 0.3 is 0 Å². The molecule has 3 nitrogen and oxygen atoms in total. The summed E-state index contributed by atoms with van der Waals surface area (Å²) in [5.41, 5.74) is 0. The molecule has 4 heteroatoms. The van der Waals surface area contributed by atoms with Gasteiger partial charge in [-0.1, -0.05) is 0 Å². The van der Waals surface area contributed by atoms with Gasteiger partial charge in [-0.2, -0.15) is 0 Å². The Bertz CT molecular complexity index is 194. The van der Waals surface area contributed by atoms with Crippen LogP contribution in [0.2, 0.25) is 0 Å². The molecular weight excluding hydrogens is 150 g/mol. The van der Waals surface area contributed by atoms with Crippen molar-refractivity contribution in [2.45, 2.75) is 19.8 Å². The first-order valence-electron chi connectivity index (χ1n) is 3.61. The van der Waals surface area contributed by atoms with Crippen LogP contribution in [0.1, 0.15) is 19.8 Å². The van der Waals surface area contributed by atoms with Gasteiger partial charge in [0.2, 0.25) is 10.0 Å². The van der Waals surface area contributed by atoms with Gasteiger partial charge in [0.15, 0.2) is 0 Å². The number of hydrogen-bond acceptors (Lipinski definition) is 2. The van der Waals surface area contributed by atoms with Crippen molar-refractivity contribution in [1.29, 1.82) is 0 Å². The van der Waals surface area contributed by atoms with Crippen molar-refractivity contribution in [1.82, 2.24) is 4.72 Å². The first-order chi connectivity index (χ1) is 4.64. The minimum atomic E-state index is -2.92. The van der Waals surface area contributed by atoms with Crippen LogP contribution in [0.4, 0.5) is 0 Å². The highest BCUT2D eigenvalue weighted by Gasteiger charge is 2.22. The first-order valence-corrected chi connectivity index (χ1v) is 5.26. The molecular formula is C6H13NO2S. The molecule has 0 aromatic heterocycles. The summed E-state index contributed by atoms with van der Waals surface area (Å²) in [7, 11) is -2.92. The second-order valence-corrected chi connectivity index (χ2v) is 4.79. The van der Waals surface area contributed by atoms with E-state index in [-0.39, 0.29) is 5.75 Å². The van der Waals surface area contributed by atoms with E-state index in [1.807, 2.05) is 0 Å². The van der Waals surface area contributed by atoms with Crippen LogP contribution in [0.25, 0.3) is 0 Å². The van der Waals surface area contributed by atoms with Crippen molar-refractivity contribution in [3.8, 4) is 0 Å². The lowest BCUT2D eigenvalue weighted by Crippen LogP contribution is -2.27. The van der Waals surface area contributed by atoms with Crippen LogP contribution in [0, 0.1) is 5.92 Å². The van der Waals surface area contributed by atoms with E-state index < -0.39 is 10.0 Å². The maximum absolute atomic E-state index is 10.8. The van der Waals surface area contributed by atoms with E-state index in [4.69, 9.17) is 0 Å². The summed E-state index contributed by atoms with van der Waals surface area (Å²) in [5.74, 6) is 0.820. The standard InChI is InChI=1S/C6H13NO2S/c1-2-10(8,9)7-5-6-3-4-6/h6-7H,2-5H2,1H3. The minimum Gasteiger partial charge on any atom is -0.215 e. The molecule has 0 atom stereocenters. The van der Waals surface area contributed by atoms with Gasteiger partial charge in [-0.25, -0.2) is 13.1 Å². The van der Waals surface area contributed by atoms with E-state index in [0.717, 1.165) is 0 Å². The number of rotatable bonds is 4. The number of hydrogen-bond donors (Lipinski definition) is 1. The van der Waals surface area contributed by atoms with E-state index in [9.17, 15) is 8.42 Å². The molecule has 0 unspecified atom stereocenters. The average molecular weight is 163 g/mol. The van der Waals surface area contributed by atoms with Gasteiger partial charge < -0.3 is 0 Å². The van der Waals surface area contributed by atoms with Gasteiger partial charge in [0, 0.05) is 6.54 Å². The normalized spacial score (nSPS) is 19.3. The quantitative estimate of drug-likeness (QED) is 0.649. The molecule has 1 aliphatic carbocycles. The van der Waals surface area contributed by atoms with Gasteiger partial charge in [-0.3, -0.25) is 0 Å². The first kappa shape index (κ1) is 8.01. The third kappa shape index (κ3) is 2.66. The summed E-state index contributed by atoms with van der Waals surface area (Å²) in [4.78, 5) is 0. The molecule has 0 spiro atoms. The van der Waals surface area contributed by atoms with Crippen molar-refractivity contribution >= 4 is 10.0 Å². The van der Waals surface area contributed by atoms with Crippen LogP contribution >= 0.6 is 0 Å². The van der Waals surface area contributed by atoms with Gasteiger partial charge in [0.1, 0.15) is 0 Å². The van der Waals surface area contributed by atoms with Crippen molar-refractivity contribution in [2.75, 3.05) is 12.3 Å². The van der Waals surface area contributed by atoms with Crippen LogP contribution in [0.15, 0.2) is 0 Å². The van der Waals surface area contributed by atoms with Gasteiger partial charge in [-0.15, -0.1) is 0 Å². The predicted molar refractivity (Wildman–Crippen MR) is 40.2 cm³/mol. The van der Waals surface area contributed by atoms with Crippen LogP contribution in [-0.2, 0) is 10.0 Å². The molecule has 0 aliphatic heterocycles. The SMILES string of the molecule is CCS(=O)(=O)NCC1CC1. The van der Waals surface area contributed by atoms with Crippen molar-refractivity contribution < 1.29 is 8.42 Å². The zero-order valence-corrected chi connectivity index (χ0v) is 6.95. The van der Waals surface area contributed by atoms with Crippen molar-refractivity contribution in [3.63, 3.8) is 0 Å². The van der Waals surface area contributed by atoms with E-state index in [1.165, 1.54) is 12.8 Å². The lowest BCUT2D eigenvalue weighted by molar-refractivity contribution is 0.579. The molecule has 0 heterocycles. The summed E-state index contributed by atoms with van der Waals surface area (Å²) in [6.45, 7) is 2.30. The minimum absolute atomic E-state index is 0.194. The summed E-state index contributed by atoms with van der Waals surface area (Å²) >= 11 is 0. The molecule has 0 bridgehead atoms. The molecule has 0 aromatic rings. The second-order valence-electron chi connectivity index (χ2n) is 2.70. The summed E-state index contributed by atoms with van der Waals surface area (Å²) in [6, 6.07) is 0. The Hall–Kier alpha value is -0.0900. The Morgan fingerprint density at radius 1 is 1.50 bits per heavy atom. The highest BCUT2D eigenvalue weighted by molar-refractivity contribution is 7.89. The summed E-state index contributed by atoms with van der Waals surface area (Å²) < 4.78 is 24.2. The Balaban J connectivity index is 2.22. The maximum Gasteiger partial charge on any atom is 0.211 e. The van der Waals surface area contributed by atoms with Crippen molar-refractivity contribution in [2.24, 2.45) is 5.92 Å². The Morgan fingerprint density at radius 3 is 2.50 bits per heavy atom. The fourth-order valence-electron chi connectivity index (χ4n) is 0.669. The Morgan fingerprint density at radius 2 is 2.10 bits per heavy atom. The fraction of sp³-hybridized carbons (Fsp3) is 1.00. The number of nitrogens with one attached hydrogen (secondary N) is 1. The van der Waals surface area contributed by atoms with Crippen LogP contribution in [-0.4, -0.2) is 20.7 Å². The fourth-order valence-corrected chi connectivity index (χ4v) is 1.36. The van der Waals surface area contributed by atoms with E-state index in [0.29, 0.717) is 12.5 Å². The zero-order chi connectivity index (χ0) is 7.61. The van der Waals surface area contributed by atoms with E-state index in [1.54, 1.807) is 6.92 Å². The highest BCUT2D eigenvalue weighted by atomic mass is 32.2. The largest absolute Gasteiger partial charge is 0.215 e. The molecule has 10 heavy (non-hydrogen) atoms. The van der Waals surface area contributed by atoms with Gasteiger partial charge in [0.25, 0.3) is 0 Å². The van der Waals surface area contributed by atoms with E-state index in [2.05, 4.69) is 4.72 Å². The molecule has 1 aliphatic rings. The van der Waals surface area contributed by atoms with Crippen molar-refractivity contribution in [3.05, 3.63) is 0 Å². The maximum atomic E-state index is 10.8. The second kappa shape index (κ2) is 2.88. The molecule has 60 valence electrons. The monoisotopic (exact) mass is 163 g/mol. The van der Waals surface area contributed by atoms with Crippen LogP contribution in [0.3, 0.4) is 0 Å². The lowest BCUT2D eigenvalue weighted by Gasteiger charge is -2.00. The molecule has 1 rings (SSSR count). The zero-order valence-electron chi connectivity index (χ0n) is 6.13. The predicted octanol–water partition coefficient (Wildman–Crippen LogP) is 0.336. The molecule has 0 amide bonds. The van der Waals surface area contributed by atoms with Gasteiger partial charge in [0.05, 0.1) is 5.75 Å². The molecule has 1 fully saturated rings. The summed E-state index contributed by atoms with van der Waals surface area (Å²) in [6.07, 6.45) is 2.37. The van der Waals surface area contributed by atoms with E-state index >= 15 is 0 Å². The third-order valence-corrected chi connectivity index (χ3v) is 3.04. The Labute approximate surface area is 61.9 Å². The van der Waals surface area contributed by atoms with Gasteiger partial charge in [-0.05, 0) is 25.7 Å². The molecule has 0 aromatic carbocycles. The molecule has 1 saturated carbocycles.